The molecular weight excluding hydrogens is 616 g/mol. The third-order valence-corrected chi connectivity index (χ3v) is 9.31. The highest BCUT2D eigenvalue weighted by atomic mass is 35.5. The minimum absolute atomic E-state index is 0.0174. The average molecular weight is 652 g/mol. The molecule has 2 saturated heterocycles. The van der Waals surface area contributed by atoms with E-state index in [9.17, 15) is 18.8 Å². The number of aliphatic hydroxyl groups is 1. The fourth-order valence-electron chi connectivity index (χ4n) is 6.74. The van der Waals surface area contributed by atoms with Crippen LogP contribution in [0.2, 0.25) is 5.02 Å². The molecule has 242 valence electrons. The summed E-state index contributed by atoms with van der Waals surface area (Å²) >= 11 is 6.67. The van der Waals surface area contributed by atoms with Gasteiger partial charge < -0.3 is 24.5 Å². The molecule has 1 N–H and O–H groups in total. The lowest BCUT2D eigenvalue weighted by Gasteiger charge is -2.42. The number of rotatable bonds is 8. The quantitative estimate of drug-likeness (QED) is 0.361. The number of aliphatic hydroxyl groups excluding tert-OH is 1. The second-order valence-corrected chi connectivity index (χ2v) is 12.5. The number of hydrogen-bond acceptors (Lipinski definition) is 9. The van der Waals surface area contributed by atoms with Crippen LogP contribution in [-0.4, -0.2) is 102 Å². The lowest BCUT2D eigenvalue weighted by Crippen LogP contribution is -2.55. The summed E-state index contributed by atoms with van der Waals surface area (Å²) in [4.78, 5) is 30.0. The Morgan fingerprint density at radius 2 is 1.98 bits per heavy atom. The Morgan fingerprint density at radius 3 is 2.72 bits per heavy atom. The summed E-state index contributed by atoms with van der Waals surface area (Å²) in [5.74, 6) is -2.37. The van der Waals surface area contributed by atoms with Crippen LogP contribution in [0.3, 0.4) is 0 Å². The first-order valence-corrected chi connectivity index (χ1v) is 15.8. The monoisotopic (exact) mass is 651 g/mol. The highest BCUT2D eigenvalue weighted by Gasteiger charge is 2.43. The summed E-state index contributed by atoms with van der Waals surface area (Å²) < 4.78 is 34.2. The van der Waals surface area contributed by atoms with Crippen molar-refractivity contribution >= 4 is 39.8 Å². The molecule has 0 spiro atoms. The van der Waals surface area contributed by atoms with Gasteiger partial charge in [-0.1, -0.05) is 41.9 Å². The van der Waals surface area contributed by atoms with Gasteiger partial charge in [-0.2, -0.15) is 15.2 Å². The van der Waals surface area contributed by atoms with Crippen LogP contribution in [0.25, 0.3) is 10.8 Å². The number of piperazine rings is 1. The molecule has 0 saturated carbocycles. The zero-order valence-corrected chi connectivity index (χ0v) is 26.3. The number of carbonyl (C=O) groups is 1. The van der Waals surface area contributed by atoms with Gasteiger partial charge in [0.05, 0.1) is 48.9 Å². The summed E-state index contributed by atoms with van der Waals surface area (Å²) in [7, 11) is 1.66. The number of nitrogens with zero attached hydrogens (tertiary/aromatic N) is 7. The largest absolute Gasteiger partial charge is 0.462 e. The van der Waals surface area contributed by atoms with E-state index in [1.54, 1.807) is 16.8 Å². The Kier molecular flexibility index (Phi) is 9.27. The van der Waals surface area contributed by atoms with Crippen molar-refractivity contribution in [3.05, 3.63) is 64.8 Å². The van der Waals surface area contributed by atoms with Gasteiger partial charge in [0.15, 0.2) is 0 Å². The van der Waals surface area contributed by atoms with Crippen LogP contribution in [0, 0.1) is 11.3 Å². The molecule has 2 unspecified atom stereocenters. The Balaban J connectivity index is 1.32. The number of aromatic nitrogens is 2. The van der Waals surface area contributed by atoms with Crippen molar-refractivity contribution in [1.82, 2.24) is 19.8 Å². The van der Waals surface area contributed by atoms with Crippen LogP contribution in [0.15, 0.2) is 48.6 Å². The minimum atomic E-state index is -2.77. The van der Waals surface area contributed by atoms with Gasteiger partial charge in [-0.15, -0.1) is 0 Å². The number of amides is 1. The number of likely N-dealkylation sites (N-methyl/N-ethyl adjacent to an activating group) is 1. The number of benzene rings is 2. The topological polar surface area (TPSA) is 109 Å². The maximum absolute atomic E-state index is 14.1. The number of alkyl halides is 2. The zero-order chi connectivity index (χ0) is 32.4. The van der Waals surface area contributed by atoms with Gasteiger partial charge >= 0.3 is 6.01 Å². The molecular formula is C33H36ClF2N7O3. The highest BCUT2D eigenvalue weighted by Crippen LogP contribution is 2.38. The summed E-state index contributed by atoms with van der Waals surface area (Å²) in [6.45, 7) is 1.78. The van der Waals surface area contributed by atoms with E-state index >= 15 is 0 Å². The molecule has 3 aliphatic rings. The Bertz CT molecular complexity index is 1680. The van der Waals surface area contributed by atoms with E-state index in [0.29, 0.717) is 50.0 Å². The van der Waals surface area contributed by atoms with Gasteiger partial charge in [-0.05, 0) is 31.0 Å². The zero-order valence-electron chi connectivity index (χ0n) is 25.6. The van der Waals surface area contributed by atoms with E-state index in [0.717, 1.165) is 27.7 Å². The molecule has 1 aromatic heterocycles. The van der Waals surface area contributed by atoms with Gasteiger partial charge in [0.2, 0.25) is 5.91 Å². The van der Waals surface area contributed by atoms with Gasteiger partial charge in [0.25, 0.3) is 5.92 Å². The van der Waals surface area contributed by atoms with Crippen molar-refractivity contribution in [2.75, 3.05) is 62.8 Å². The Labute approximate surface area is 271 Å². The molecule has 3 aromatic rings. The number of fused-ring (bicyclic) bond motifs is 2. The van der Waals surface area contributed by atoms with Crippen molar-refractivity contribution in [1.29, 1.82) is 5.26 Å². The van der Waals surface area contributed by atoms with Crippen LogP contribution in [0.4, 0.5) is 20.3 Å². The van der Waals surface area contributed by atoms with E-state index in [-0.39, 0.29) is 44.5 Å². The predicted octanol–water partition coefficient (Wildman–Crippen LogP) is 4.04. The molecule has 2 atom stereocenters. The number of halogens is 3. The van der Waals surface area contributed by atoms with Crippen molar-refractivity contribution in [3.63, 3.8) is 0 Å². The number of carbonyl (C=O) groups excluding carboxylic acids is 1. The first-order chi connectivity index (χ1) is 22.2. The number of anilines is 2. The standard InChI is InChI=1S/C33H36ClF2N7O3/c1-40-21-33(35,36)17-24(40)20-46-32-38-27-19-41(28-8-3-6-22-5-2-7-26(34)30(22)28)13-11-25(27)31(39-32)42-14-15-43(23(18-42)10-12-37)29(45)9-4-16-44/h2-9,23-24,44H,10-11,13-21H2,1H3/b9-4+. The predicted molar refractivity (Wildman–Crippen MR) is 171 cm³/mol. The number of ether oxygens (including phenoxy) is 1. The molecule has 6 rings (SSSR count). The maximum Gasteiger partial charge on any atom is 0.318 e. The average Bonchev–Trinajstić information content (AvgIpc) is 3.32. The van der Waals surface area contributed by atoms with Gasteiger partial charge in [-0.3, -0.25) is 9.69 Å². The summed E-state index contributed by atoms with van der Waals surface area (Å²) in [5, 5.41) is 21.4. The molecule has 2 aromatic carbocycles. The normalized spacial score (nSPS) is 21.5. The molecule has 10 nitrogen and oxygen atoms in total. The lowest BCUT2D eigenvalue weighted by molar-refractivity contribution is -0.128. The van der Waals surface area contributed by atoms with Crippen LogP contribution in [0.1, 0.15) is 24.1 Å². The highest BCUT2D eigenvalue weighted by molar-refractivity contribution is 6.36. The molecule has 2 fully saturated rings. The van der Waals surface area contributed by atoms with Crippen LogP contribution < -0.4 is 14.5 Å². The fraction of sp³-hybridized carbons (Fsp3) is 0.455. The van der Waals surface area contributed by atoms with E-state index < -0.39 is 18.0 Å². The maximum atomic E-state index is 14.1. The van der Waals surface area contributed by atoms with Crippen LogP contribution in [-0.2, 0) is 17.8 Å². The van der Waals surface area contributed by atoms with Gasteiger partial charge in [-0.25, -0.2) is 8.78 Å². The van der Waals surface area contributed by atoms with Gasteiger partial charge in [0.1, 0.15) is 12.4 Å². The summed E-state index contributed by atoms with van der Waals surface area (Å²) in [6.07, 6.45) is 3.17. The molecule has 0 aliphatic carbocycles. The second kappa shape index (κ2) is 13.4. The molecule has 0 radical (unpaired) electrons. The minimum Gasteiger partial charge on any atom is -0.462 e. The Hall–Kier alpha value is -4.05. The number of nitriles is 1. The first-order valence-electron chi connectivity index (χ1n) is 15.4. The van der Waals surface area contributed by atoms with E-state index in [4.69, 9.17) is 31.4 Å². The summed E-state index contributed by atoms with van der Waals surface area (Å²) in [6, 6.07) is 13.3. The van der Waals surface area contributed by atoms with Crippen LogP contribution >= 0.6 is 11.6 Å². The van der Waals surface area contributed by atoms with Gasteiger partial charge in [0, 0.05) is 61.4 Å². The smallest absolute Gasteiger partial charge is 0.318 e. The third-order valence-electron chi connectivity index (χ3n) is 9.00. The molecule has 1 amide bonds. The van der Waals surface area contributed by atoms with E-state index in [1.807, 2.05) is 36.4 Å². The molecule has 4 heterocycles. The van der Waals surface area contributed by atoms with Crippen molar-refractivity contribution in [2.24, 2.45) is 0 Å². The fourth-order valence-corrected chi connectivity index (χ4v) is 7.02. The molecule has 0 bridgehead atoms. The molecule has 3 aliphatic heterocycles. The van der Waals surface area contributed by atoms with Crippen molar-refractivity contribution < 1.29 is 23.4 Å². The SMILES string of the molecule is CN1CC(F)(F)CC1COc1nc2c(c(N3CCN(C(=O)/C=C/CO)C(CC#N)C3)n1)CCN(c1cccc3cccc(Cl)c13)C2. The second-order valence-electron chi connectivity index (χ2n) is 12.1. The first kappa shape index (κ1) is 31.9. The lowest BCUT2D eigenvalue weighted by atomic mass is 10.0. The molecule has 46 heavy (non-hydrogen) atoms. The van der Waals surface area contributed by atoms with E-state index in [1.165, 1.54) is 12.2 Å². The molecule has 13 heteroatoms. The third kappa shape index (κ3) is 6.58. The van der Waals surface area contributed by atoms with E-state index in [2.05, 4.69) is 15.9 Å². The number of hydrogen-bond donors (Lipinski definition) is 1. The number of likely N-dealkylation sites (tertiary alicyclic amines) is 1. The van der Waals surface area contributed by atoms with Crippen molar-refractivity contribution in [2.45, 2.75) is 43.8 Å². The van der Waals surface area contributed by atoms with Crippen LogP contribution in [0.5, 0.6) is 6.01 Å². The summed E-state index contributed by atoms with van der Waals surface area (Å²) in [5.41, 5.74) is 2.71. The Morgan fingerprint density at radius 1 is 1.17 bits per heavy atom. The van der Waals surface area contributed by atoms with Crippen molar-refractivity contribution in [3.8, 4) is 12.1 Å².